The molecule has 0 saturated carbocycles. The molecular weight excluding hydrogens is 124 g/mol. The predicted octanol–water partition coefficient (Wildman–Crippen LogP) is -0.940. The molecule has 1 rings (SSSR count). The van der Waals surface area contributed by atoms with Gasteiger partial charge in [-0.15, -0.1) is 0 Å². The Bertz CT molecular complexity index is 79.0. The molecule has 9 heavy (non-hydrogen) atoms. The highest BCUT2D eigenvalue weighted by molar-refractivity contribution is 4.64. The Morgan fingerprint density at radius 1 is 1.67 bits per heavy atom. The molecule has 1 saturated heterocycles. The Hall–Kier alpha value is -0.160. The van der Waals surface area contributed by atoms with Crippen molar-refractivity contribution in [3.8, 4) is 0 Å². The third kappa shape index (κ3) is 2.28. The molecule has 0 bridgehead atoms. The Morgan fingerprint density at radius 3 is 2.67 bits per heavy atom. The first-order valence-electron chi connectivity index (χ1n) is 2.88. The van der Waals surface area contributed by atoms with Gasteiger partial charge in [-0.3, -0.25) is 0 Å². The molecule has 0 aromatic rings. The van der Waals surface area contributed by atoms with Crippen molar-refractivity contribution in [1.29, 1.82) is 0 Å². The number of aliphatic hydroxyl groups is 2. The Kier molecular flexibility index (Phi) is 2.41. The lowest BCUT2D eigenvalue weighted by Crippen LogP contribution is -2.33. The van der Waals surface area contributed by atoms with E-state index in [1.165, 1.54) is 0 Å². The molecule has 1 fully saturated rings. The van der Waals surface area contributed by atoms with Gasteiger partial charge in [-0.05, 0) is 6.42 Å². The average molecular weight is 134 g/mol. The van der Waals surface area contributed by atoms with Crippen molar-refractivity contribution in [2.75, 3.05) is 13.2 Å². The molecule has 0 aliphatic carbocycles. The zero-order valence-corrected chi connectivity index (χ0v) is 4.99. The first kappa shape index (κ1) is 6.95. The van der Waals surface area contributed by atoms with E-state index in [1.807, 2.05) is 0 Å². The quantitative estimate of drug-likeness (QED) is 0.489. The van der Waals surface area contributed by atoms with Gasteiger partial charge in [-0.1, -0.05) is 0 Å². The Balaban J connectivity index is 1.91. The van der Waals surface area contributed by atoms with Gasteiger partial charge in [0.15, 0.2) is 0 Å². The van der Waals surface area contributed by atoms with Gasteiger partial charge in [0.2, 0.25) is 0 Å². The monoisotopic (exact) mass is 134 g/mol. The Labute approximate surface area is 53.0 Å². The summed E-state index contributed by atoms with van der Waals surface area (Å²) in [4.78, 5) is 0. The van der Waals surface area contributed by atoms with Crippen LogP contribution in [0.4, 0.5) is 0 Å². The van der Waals surface area contributed by atoms with E-state index in [9.17, 15) is 0 Å². The normalized spacial score (nSPS) is 26.3. The van der Waals surface area contributed by atoms with Crippen molar-refractivity contribution in [3.05, 3.63) is 0 Å². The summed E-state index contributed by atoms with van der Waals surface area (Å²) < 4.78 is 9.37. The van der Waals surface area contributed by atoms with Crippen molar-refractivity contribution in [1.82, 2.24) is 0 Å². The van der Waals surface area contributed by atoms with E-state index in [0.29, 0.717) is 0 Å². The molecule has 54 valence electrons. The van der Waals surface area contributed by atoms with E-state index in [-0.39, 0.29) is 12.7 Å². The third-order valence-corrected chi connectivity index (χ3v) is 1.22. The van der Waals surface area contributed by atoms with Crippen LogP contribution >= 0.6 is 0 Å². The standard InChI is InChI=1S/C5H10O4/c6-5(7)9-3-4-1-2-8-4/h4-7H,1-3H2/t4-/m1/s1. The lowest BCUT2D eigenvalue weighted by atomic mass is 10.2. The van der Waals surface area contributed by atoms with Crippen LogP contribution in [0.5, 0.6) is 0 Å². The second-order valence-corrected chi connectivity index (χ2v) is 1.94. The smallest absolute Gasteiger partial charge is 0.266 e. The topological polar surface area (TPSA) is 58.9 Å². The van der Waals surface area contributed by atoms with E-state index in [0.717, 1.165) is 13.0 Å². The Morgan fingerprint density at radius 2 is 2.33 bits per heavy atom. The second-order valence-electron chi connectivity index (χ2n) is 1.94. The number of hydrogen-bond donors (Lipinski definition) is 2. The maximum Gasteiger partial charge on any atom is 0.266 e. The molecule has 0 aromatic heterocycles. The first-order chi connectivity index (χ1) is 4.29. The summed E-state index contributed by atoms with van der Waals surface area (Å²) in [5.41, 5.74) is 0. The second kappa shape index (κ2) is 3.12. The van der Waals surface area contributed by atoms with Crippen LogP contribution in [0.15, 0.2) is 0 Å². The molecule has 1 aliphatic heterocycles. The SMILES string of the molecule is OC(O)OC[C@H]1CCO1. The average Bonchev–Trinajstić information content (AvgIpc) is 1.60. The van der Waals surface area contributed by atoms with E-state index >= 15 is 0 Å². The summed E-state index contributed by atoms with van der Waals surface area (Å²) in [6, 6.07) is 0. The molecular formula is C5H10O4. The summed E-state index contributed by atoms with van der Waals surface area (Å²) in [6.07, 6.45) is 1.03. The third-order valence-electron chi connectivity index (χ3n) is 1.22. The maximum absolute atomic E-state index is 8.20. The summed E-state index contributed by atoms with van der Waals surface area (Å²) in [5.74, 6) is 0. The van der Waals surface area contributed by atoms with Crippen molar-refractivity contribution in [2.45, 2.75) is 19.0 Å². The molecule has 0 radical (unpaired) electrons. The van der Waals surface area contributed by atoms with Crippen LogP contribution in [0.2, 0.25) is 0 Å². The summed E-state index contributed by atoms with van der Waals surface area (Å²) >= 11 is 0. The molecule has 0 aromatic carbocycles. The minimum atomic E-state index is -1.66. The highest BCUT2D eigenvalue weighted by atomic mass is 16.7. The van der Waals surface area contributed by atoms with Crippen molar-refractivity contribution >= 4 is 0 Å². The van der Waals surface area contributed by atoms with Gasteiger partial charge in [-0.25, -0.2) is 0 Å². The van der Waals surface area contributed by atoms with Crippen LogP contribution in [-0.2, 0) is 9.47 Å². The molecule has 2 N–H and O–H groups in total. The fourth-order valence-corrected chi connectivity index (χ4v) is 0.609. The van der Waals surface area contributed by atoms with Gasteiger partial charge in [0.25, 0.3) is 6.48 Å². The lowest BCUT2D eigenvalue weighted by Gasteiger charge is -2.26. The van der Waals surface area contributed by atoms with E-state index in [1.54, 1.807) is 0 Å². The largest absolute Gasteiger partial charge is 0.376 e. The molecule has 4 heteroatoms. The summed E-state index contributed by atoms with van der Waals surface area (Å²) in [7, 11) is 0. The van der Waals surface area contributed by atoms with Gasteiger partial charge in [-0.2, -0.15) is 0 Å². The van der Waals surface area contributed by atoms with Gasteiger partial charge >= 0.3 is 0 Å². The van der Waals surface area contributed by atoms with Crippen molar-refractivity contribution in [2.24, 2.45) is 0 Å². The fourth-order valence-electron chi connectivity index (χ4n) is 0.609. The molecule has 0 unspecified atom stereocenters. The molecule has 4 nitrogen and oxygen atoms in total. The maximum atomic E-state index is 8.20. The summed E-state index contributed by atoms with van der Waals surface area (Å²) in [5, 5.41) is 16.4. The highest BCUT2D eigenvalue weighted by Crippen LogP contribution is 2.10. The van der Waals surface area contributed by atoms with Crippen LogP contribution < -0.4 is 0 Å². The van der Waals surface area contributed by atoms with E-state index in [4.69, 9.17) is 14.9 Å². The van der Waals surface area contributed by atoms with Crippen LogP contribution in [0.25, 0.3) is 0 Å². The van der Waals surface area contributed by atoms with Gasteiger partial charge in [0, 0.05) is 6.61 Å². The van der Waals surface area contributed by atoms with Crippen LogP contribution in [0.1, 0.15) is 6.42 Å². The zero-order chi connectivity index (χ0) is 6.69. The molecule has 1 heterocycles. The minimum absolute atomic E-state index is 0.0757. The summed E-state index contributed by atoms with van der Waals surface area (Å²) in [6.45, 7) is -0.623. The van der Waals surface area contributed by atoms with Gasteiger partial charge in [0.05, 0.1) is 12.7 Å². The zero-order valence-electron chi connectivity index (χ0n) is 4.99. The van der Waals surface area contributed by atoms with Crippen molar-refractivity contribution < 1.29 is 19.7 Å². The lowest BCUT2D eigenvalue weighted by molar-refractivity contribution is -0.254. The van der Waals surface area contributed by atoms with Gasteiger partial charge < -0.3 is 19.7 Å². The number of ether oxygens (including phenoxy) is 2. The molecule has 1 aliphatic rings. The first-order valence-corrected chi connectivity index (χ1v) is 2.88. The van der Waals surface area contributed by atoms with Crippen LogP contribution in [0.3, 0.4) is 0 Å². The van der Waals surface area contributed by atoms with Gasteiger partial charge in [0.1, 0.15) is 0 Å². The molecule has 0 amide bonds. The molecule has 1 atom stereocenters. The van der Waals surface area contributed by atoms with E-state index < -0.39 is 6.48 Å². The fraction of sp³-hybridized carbons (Fsp3) is 1.00. The van der Waals surface area contributed by atoms with Crippen molar-refractivity contribution in [3.63, 3.8) is 0 Å². The van der Waals surface area contributed by atoms with E-state index in [2.05, 4.69) is 4.74 Å². The molecule has 0 spiro atoms. The number of aliphatic hydroxyl groups excluding tert-OH is 1. The minimum Gasteiger partial charge on any atom is -0.376 e. The predicted molar refractivity (Wildman–Crippen MR) is 28.5 cm³/mol. The number of hydrogen-bond acceptors (Lipinski definition) is 4. The highest BCUT2D eigenvalue weighted by Gasteiger charge is 2.18. The number of rotatable bonds is 3. The van der Waals surface area contributed by atoms with Crippen LogP contribution in [-0.4, -0.2) is 36.0 Å². The van der Waals surface area contributed by atoms with Crippen LogP contribution in [0, 0.1) is 0 Å².